The Morgan fingerprint density at radius 2 is 1.70 bits per heavy atom. The molecule has 0 heterocycles. The molecule has 0 saturated heterocycles. The molecule has 10 heavy (non-hydrogen) atoms. The summed E-state index contributed by atoms with van der Waals surface area (Å²) in [4.78, 5) is 0. The van der Waals surface area contributed by atoms with Crippen molar-refractivity contribution in [3.8, 4) is 0 Å². The molecular formula is C6H4FI2Mg. The molecule has 51 valence electrons. The molecule has 0 fully saturated rings. The van der Waals surface area contributed by atoms with E-state index in [4.69, 9.17) is 0 Å². The minimum absolute atomic E-state index is 0.209. The lowest BCUT2D eigenvalue weighted by molar-refractivity contribution is 0.628. The van der Waals surface area contributed by atoms with Gasteiger partial charge in [0.05, 0.1) is 0 Å². The maximum atomic E-state index is 11.9. The van der Waals surface area contributed by atoms with Gasteiger partial charge in [-0.25, -0.2) is 4.39 Å². The van der Waals surface area contributed by atoms with E-state index in [9.17, 15) is 4.39 Å². The molecule has 1 radical (unpaired) electrons. The van der Waals surface area contributed by atoms with Crippen LogP contribution in [0.15, 0.2) is 24.3 Å². The van der Waals surface area contributed by atoms with E-state index >= 15 is 0 Å². The van der Waals surface area contributed by atoms with Crippen molar-refractivity contribution in [2.75, 3.05) is 0 Å². The third-order valence-electron chi connectivity index (χ3n) is 0.678. The van der Waals surface area contributed by atoms with E-state index in [1.54, 1.807) is 0 Å². The van der Waals surface area contributed by atoms with Crippen LogP contribution in [-0.2, 0) is 0 Å². The Labute approximate surface area is 89.4 Å². The van der Waals surface area contributed by atoms with Gasteiger partial charge in [0.2, 0.25) is 0 Å². The van der Waals surface area contributed by atoms with E-state index < -0.39 is 0 Å². The smallest absolute Gasteiger partial charge is 0.276 e. The third-order valence-corrected chi connectivity index (χ3v) is 0.678. The highest BCUT2D eigenvalue weighted by molar-refractivity contribution is 14.3. The summed E-state index contributed by atoms with van der Waals surface area (Å²) in [6.45, 7) is 0. The second-order valence-electron chi connectivity index (χ2n) is 1.32. The number of rotatable bonds is 0. The fourth-order valence-corrected chi connectivity index (χ4v) is 0.367. The Bertz CT molecular complexity index is 157. The zero-order valence-corrected chi connectivity index (χ0v) is 10.9. The molecule has 1 aromatic carbocycles. The zero-order chi connectivity index (χ0) is 7.82. The van der Waals surface area contributed by atoms with Gasteiger partial charge in [-0.05, 0) is 18.2 Å². The van der Waals surface area contributed by atoms with E-state index in [0.29, 0.717) is 12.6 Å². The average Bonchev–Trinajstić information content (AvgIpc) is 1.91. The molecule has 4 heteroatoms. The Morgan fingerprint density at radius 1 is 1.30 bits per heavy atom. The van der Waals surface area contributed by atoms with E-state index in [1.165, 1.54) is 24.3 Å². The normalized spacial score (nSPS) is 7.10. The second-order valence-corrected chi connectivity index (χ2v) is 14.9. The van der Waals surface area contributed by atoms with Crippen molar-refractivity contribution in [1.82, 2.24) is 0 Å². The first kappa shape index (κ1) is 11.4. The van der Waals surface area contributed by atoms with Gasteiger partial charge in [0.1, 0.15) is 5.82 Å². The van der Waals surface area contributed by atoms with E-state index in [-0.39, 0.29) is 5.82 Å². The number of hydrogen-bond acceptors (Lipinski definition) is 0. The fraction of sp³-hybridized carbons (Fsp3) is 0. The average molecular weight is 373 g/mol. The minimum atomic E-state index is -0.209. The van der Waals surface area contributed by atoms with Crippen LogP contribution in [0.2, 0.25) is 0 Å². The van der Waals surface area contributed by atoms with Gasteiger partial charge in [-0.3, -0.25) is 37.7 Å². The third kappa shape index (κ3) is 7.48. The Kier molecular flexibility index (Phi) is 9.64. The topological polar surface area (TPSA) is 0 Å². The summed E-state index contributed by atoms with van der Waals surface area (Å²) < 4.78 is 11.9. The van der Waals surface area contributed by atoms with Gasteiger partial charge in [-0.15, -0.1) is 0 Å². The quantitative estimate of drug-likeness (QED) is 0.485. The summed E-state index contributed by atoms with van der Waals surface area (Å²) in [7, 11) is 0. The van der Waals surface area contributed by atoms with Gasteiger partial charge in [0, 0.05) is 0 Å². The first-order valence-corrected chi connectivity index (χ1v) is 12.8. The molecule has 0 aliphatic carbocycles. The molecule has 1 aromatic rings. The second kappa shape index (κ2) is 8.47. The molecule has 0 aliphatic rings. The van der Waals surface area contributed by atoms with Crippen LogP contribution in [0.25, 0.3) is 0 Å². The van der Waals surface area contributed by atoms with E-state index in [2.05, 4.69) is 43.8 Å². The molecule has 0 N–H and O–H groups in total. The molecule has 1 rings (SSSR count). The first-order chi connectivity index (χ1) is 4.81. The molecule has 0 unspecified atom stereocenters. The first-order valence-electron chi connectivity index (χ1n) is 2.54. The van der Waals surface area contributed by atoms with Crippen molar-refractivity contribution < 1.29 is 4.39 Å². The lowest BCUT2D eigenvalue weighted by Crippen LogP contribution is -1.64. The largest absolute Gasteiger partial charge is 0.552 e. The highest BCUT2D eigenvalue weighted by atomic mass is 127. The van der Waals surface area contributed by atoms with Crippen molar-refractivity contribution in [2.45, 2.75) is 0 Å². The molecule has 0 aliphatic heterocycles. The van der Waals surface area contributed by atoms with Gasteiger partial charge in [0.25, 0.3) is 0 Å². The predicted molar refractivity (Wildman–Crippen MR) is 59.0 cm³/mol. The van der Waals surface area contributed by atoms with Gasteiger partial charge < -0.3 is 0 Å². The van der Waals surface area contributed by atoms with Crippen LogP contribution in [0.4, 0.5) is 4.39 Å². The van der Waals surface area contributed by atoms with Crippen molar-refractivity contribution in [2.24, 2.45) is 0 Å². The number of halogens is 3. The van der Waals surface area contributed by atoms with Crippen LogP contribution >= 0.6 is 37.7 Å². The minimum Gasteiger partial charge on any atom is -0.276 e. The van der Waals surface area contributed by atoms with Gasteiger partial charge in [-0.2, -0.15) is 0 Å². The standard InChI is InChI=1S/C6H4F.2HI.Mg/c7-6-4-2-1-3-5-6;;;/h2-5H;2*1H;/q;;;+2/p-2. The molecule has 0 aromatic heterocycles. The fourth-order valence-electron chi connectivity index (χ4n) is 0.367. The van der Waals surface area contributed by atoms with Crippen molar-refractivity contribution in [3.05, 3.63) is 36.1 Å². The van der Waals surface area contributed by atoms with Crippen LogP contribution in [0.1, 0.15) is 0 Å². The maximum absolute atomic E-state index is 11.9. The van der Waals surface area contributed by atoms with Crippen LogP contribution in [-0.4, -0.2) is 12.6 Å². The summed E-state index contributed by atoms with van der Waals surface area (Å²) in [5.41, 5.74) is 0. The number of hydrogen-bond donors (Lipinski definition) is 0. The van der Waals surface area contributed by atoms with Crippen LogP contribution in [0, 0.1) is 11.9 Å². The predicted octanol–water partition coefficient (Wildman–Crippen LogP) is 3.02. The highest BCUT2D eigenvalue weighted by Gasteiger charge is 1.77. The van der Waals surface area contributed by atoms with Crippen LogP contribution in [0.3, 0.4) is 0 Å². The highest BCUT2D eigenvalue weighted by Crippen LogP contribution is 1.91. The number of benzene rings is 1. The summed E-state index contributed by atoms with van der Waals surface area (Å²) in [6.07, 6.45) is 0. The molecule has 0 atom stereocenters. The van der Waals surface area contributed by atoms with E-state index in [0.717, 1.165) is 0 Å². The van der Waals surface area contributed by atoms with Crippen molar-refractivity contribution in [1.29, 1.82) is 0 Å². The monoisotopic (exact) mass is 373 g/mol. The maximum Gasteiger partial charge on any atom is 0.552 e. The van der Waals surface area contributed by atoms with Crippen molar-refractivity contribution in [3.63, 3.8) is 0 Å². The molecule has 0 saturated carbocycles. The molecule has 0 bridgehead atoms. The molecule has 0 spiro atoms. The van der Waals surface area contributed by atoms with Gasteiger partial charge in [-0.1, -0.05) is 12.1 Å². The lowest BCUT2D eigenvalue weighted by Gasteiger charge is -1.77. The summed E-state index contributed by atoms with van der Waals surface area (Å²) in [5.74, 6) is -0.209. The zero-order valence-electron chi connectivity index (χ0n) is 5.15. The summed E-state index contributed by atoms with van der Waals surface area (Å²) in [6, 6.07) is 8.49. The molecular weight excluding hydrogens is 369 g/mol. The summed E-state index contributed by atoms with van der Waals surface area (Å²) >= 11 is 5.18. The lowest BCUT2D eigenvalue weighted by atomic mass is 10.4. The van der Waals surface area contributed by atoms with Gasteiger partial charge >= 0.3 is 12.6 Å². The van der Waals surface area contributed by atoms with E-state index in [1.807, 2.05) is 0 Å². The van der Waals surface area contributed by atoms with Crippen molar-refractivity contribution >= 4 is 50.3 Å². The SMILES string of the molecule is Fc1cc[c]cc1.[I][Mg][I]. The van der Waals surface area contributed by atoms with Crippen LogP contribution < -0.4 is 0 Å². The van der Waals surface area contributed by atoms with Crippen LogP contribution in [0.5, 0.6) is 0 Å². The Morgan fingerprint density at radius 3 is 1.90 bits per heavy atom. The molecule has 0 amide bonds. The Hall–Kier alpha value is 1.38. The molecule has 0 nitrogen and oxygen atoms in total. The Balaban J connectivity index is 0.000000236. The van der Waals surface area contributed by atoms with Gasteiger partial charge in [0.15, 0.2) is 0 Å². The summed E-state index contributed by atoms with van der Waals surface area (Å²) in [5, 5.41) is 0.